The Morgan fingerprint density at radius 2 is 2.35 bits per heavy atom. The summed E-state index contributed by atoms with van der Waals surface area (Å²) in [4.78, 5) is 4.23. The average molecular weight is 278 g/mol. The molecule has 3 unspecified atom stereocenters. The van der Waals surface area contributed by atoms with Crippen molar-refractivity contribution in [2.24, 2.45) is 5.92 Å². The summed E-state index contributed by atoms with van der Waals surface area (Å²) >= 11 is 0. The van der Waals surface area contributed by atoms with Gasteiger partial charge in [0.05, 0.1) is 24.5 Å². The molecule has 1 aromatic rings. The molecule has 1 aliphatic rings. The van der Waals surface area contributed by atoms with Gasteiger partial charge in [-0.25, -0.2) is 0 Å². The van der Waals surface area contributed by atoms with Crippen molar-refractivity contribution in [3.8, 4) is 0 Å². The van der Waals surface area contributed by atoms with E-state index in [0.29, 0.717) is 25.8 Å². The van der Waals surface area contributed by atoms with Gasteiger partial charge in [-0.3, -0.25) is 4.98 Å². The second-order valence-electron chi connectivity index (χ2n) is 5.83. The third kappa shape index (κ3) is 5.57. The molecule has 2 N–H and O–H groups in total. The summed E-state index contributed by atoms with van der Waals surface area (Å²) in [6, 6.07) is 5.84. The van der Waals surface area contributed by atoms with Gasteiger partial charge in [0.2, 0.25) is 0 Å². The number of hydrogen-bond donors (Lipinski definition) is 2. The fraction of sp³-hybridized carbons (Fsp3) is 0.688. The number of nitrogens with one attached hydrogen (secondary N) is 1. The van der Waals surface area contributed by atoms with Crippen LogP contribution in [0.25, 0.3) is 0 Å². The van der Waals surface area contributed by atoms with E-state index in [9.17, 15) is 5.11 Å². The molecule has 0 aromatic carbocycles. The van der Waals surface area contributed by atoms with E-state index in [1.807, 2.05) is 18.2 Å². The minimum absolute atomic E-state index is 0.337. The van der Waals surface area contributed by atoms with Gasteiger partial charge >= 0.3 is 0 Å². The van der Waals surface area contributed by atoms with Crippen LogP contribution in [0, 0.1) is 5.92 Å². The van der Waals surface area contributed by atoms with Crippen LogP contribution in [0.3, 0.4) is 0 Å². The summed E-state index contributed by atoms with van der Waals surface area (Å²) < 4.78 is 5.81. The second-order valence-corrected chi connectivity index (χ2v) is 5.83. The molecule has 1 saturated carbocycles. The van der Waals surface area contributed by atoms with Crippen LogP contribution in [-0.4, -0.2) is 35.5 Å². The van der Waals surface area contributed by atoms with Gasteiger partial charge in [0, 0.05) is 19.3 Å². The van der Waals surface area contributed by atoms with Gasteiger partial charge in [-0.05, 0) is 30.9 Å². The predicted molar refractivity (Wildman–Crippen MR) is 79.3 cm³/mol. The number of pyridine rings is 1. The van der Waals surface area contributed by atoms with E-state index in [4.69, 9.17) is 4.74 Å². The molecule has 1 heterocycles. The van der Waals surface area contributed by atoms with Crippen LogP contribution < -0.4 is 5.32 Å². The Kier molecular flexibility index (Phi) is 6.43. The number of aromatic nitrogens is 1. The molecular formula is C16H26N2O2. The Bertz CT molecular complexity index is 372. The van der Waals surface area contributed by atoms with Crippen LogP contribution in [0.5, 0.6) is 0 Å². The van der Waals surface area contributed by atoms with Crippen molar-refractivity contribution in [1.82, 2.24) is 10.3 Å². The molecule has 20 heavy (non-hydrogen) atoms. The van der Waals surface area contributed by atoms with Crippen molar-refractivity contribution in [2.45, 2.75) is 51.4 Å². The number of hydrogen-bond acceptors (Lipinski definition) is 4. The summed E-state index contributed by atoms with van der Waals surface area (Å²) in [5, 5.41) is 13.1. The lowest BCUT2D eigenvalue weighted by Crippen LogP contribution is -2.33. The van der Waals surface area contributed by atoms with Crippen LogP contribution >= 0.6 is 0 Å². The first-order chi connectivity index (χ1) is 9.74. The normalized spacial score (nSPS) is 24.5. The number of aliphatic hydroxyl groups is 1. The molecule has 1 aliphatic carbocycles. The lowest BCUT2D eigenvalue weighted by atomic mass is 9.89. The lowest BCUT2D eigenvalue weighted by Gasteiger charge is -2.27. The largest absolute Gasteiger partial charge is 0.389 e. The van der Waals surface area contributed by atoms with Gasteiger partial charge in [0.25, 0.3) is 0 Å². The smallest absolute Gasteiger partial charge is 0.0897 e. The molecule has 0 amide bonds. The number of nitrogens with zero attached hydrogens (tertiary/aromatic N) is 1. The topological polar surface area (TPSA) is 54.4 Å². The van der Waals surface area contributed by atoms with Gasteiger partial charge < -0.3 is 15.2 Å². The molecule has 2 rings (SSSR count). The van der Waals surface area contributed by atoms with Crippen LogP contribution in [-0.2, 0) is 11.3 Å². The summed E-state index contributed by atoms with van der Waals surface area (Å²) in [6.07, 6.45) is 6.50. The predicted octanol–water partition coefficient (Wildman–Crippen LogP) is 2.13. The van der Waals surface area contributed by atoms with Crippen molar-refractivity contribution in [1.29, 1.82) is 0 Å². The minimum Gasteiger partial charge on any atom is -0.389 e. The van der Waals surface area contributed by atoms with Crippen molar-refractivity contribution < 1.29 is 9.84 Å². The van der Waals surface area contributed by atoms with Crippen LogP contribution in [0.1, 0.15) is 38.3 Å². The zero-order valence-electron chi connectivity index (χ0n) is 12.3. The van der Waals surface area contributed by atoms with Crippen molar-refractivity contribution >= 4 is 0 Å². The van der Waals surface area contributed by atoms with E-state index >= 15 is 0 Å². The molecule has 0 spiro atoms. The molecule has 0 radical (unpaired) electrons. The van der Waals surface area contributed by atoms with E-state index in [0.717, 1.165) is 24.5 Å². The number of ether oxygens (including phenoxy) is 1. The molecule has 4 nitrogen and oxygen atoms in total. The Hall–Kier alpha value is -0.970. The molecule has 0 saturated heterocycles. The maximum absolute atomic E-state index is 9.92. The highest BCUT2D eigenvalue weighted by atomic mass is 16.5. The average Bonchev–Trinajstić information content (AvgIpc) is 2.46. The van der Waals surface area contributed by atoms with E-state index < -0.39 is 6.10 Å². The van der Waals surface area contributed by atoms with Gasteiger partial charge in [-0.15, -0.1) is 0 Å². The van der Waals surface area contributed by atoms with Crippen molar-refractivity contribution in [2.75, 3.05) is 13.2 Å². The Morgan fingerprint density at radius 3 is 3.10 bits per heavy atom. The van der Waals surface area contributed by atoms with Crippen LogP contribution in [0.15, 0.2) is 24.4 Å². The fourth-order valence-corrected chi connectivity index (χ4v) is 2.71. The summed E-state index contributed by atoms with van der Waals surface area (Å²) in [7, 11) is 0. The first-order valence-corrected chi connectivity index (χ1v) is 7.64. The number of rotatable bonds is 7. The van der Waals surface area contributed by atoms with E-state index in [-0.39, 0.29) is 0 Å². The summed E-state index contributed by atoms with van der Waals surface area (Å²) in [6.45, 7) is 3.92. The summed E-state index contributed by atoms with van der Waals surface area (Å²) in [5.74, 6) is 0.758. The molecule has 112 valence electrons. The Balaban J connectivity index is 1.57. The van der Waals surface area contributed by atoms with E-state index in [1.54, 1.807) is 6.20 Å². The maximum atomic E-state index is 9.92. The monoisotopic (exact) mass is 278 g/mol. The molecule has 1 aromatic heterocycles. The highest BCUT2D eigenvalue weighted by Gasteiger charge is 2.20. The zero-order valence-corrected chi connectivity index (χ0v) is 12.3. The van der Waals surface area contributed by atoms with Crippen molar-refractivity contribution in [3.63, 3.8) is 0 Å². The molecule has 0 aliphatic heterocycles. The second kappa shape index (κ2) is 8.35. The molecule has 4 heteroatoms. The highest BCUT2D eigenvalue weighted by Crippen LogP contribution is 2.25. The third-order valence-corrected chi connectivity index (χ3v) is 3.82. The Labute approximate surface area is 121 Å². The minimum atomic E-state index is -0.448. The maximum Gasteiger partial charge on any atom is 0.0897 e. The molecule has 3 atom stereocenters. The number of aliphatic hydroxyl groups excluding tert-OH is 1. The summed E-state index contributed by atoms with van der Waals surface area (Å²) in [5.41, 5.74) is 0.988. The van der Waals surface area contributed by atoms with E-state index in [2.05, 4.69) is 17.2 Å². The van der Waals surface area contributed by atoms with Crippen LogP contribution in [0.2, 0.25) is 0 Å². The SMILES string of the molecule is CC1CCCC(OCC(O)CNCc2ccccn2)C1. The van der Waals surface area contributed by atoms with Gasteiger partial charge in [-0.1, -0.05) is 25.8 Å². The molecule has 0 bridgehead atoms. The van der Waals surface area contributed by atoms with Gasteiger partial charge in [0.1, 0.15) is 0 Å². The van der Waals surface area contributed by atoms with Gasteiger partial charge in [-0.2, -0.15) is 0 Å². The quantitative estimate of drug-likeness (QED) is 0.802. The standard InChI is InChI=1S/C16H26N2O2/c1-13-5-4-7-16(9-13)20-12-15(19)11-17-10-14-6-2-3-8-18-14/h2-3,6,8,13,15-17,19H,4-5,7,9-12H2,1H3. The zero-order chi connectivity index (χ0) is 14.2. The van der Waals surface area contributed by atoms with Gasteiger partial charge in [0.15, 0.2) is 0 Å². The Morgan fingerprint density at radius 1 is 1.45 bits per heavy atom. The van der Waals surface area contributed by atoms with E-state index in [1.165, 1.54) is 12.8 Å². The first-order valence-electron chi connectivity index (χ1n) is 7.64. The first kappa shape index (κ1) is 15.4. The molecule has 1 fully saturated rings. The lowest BCUT2D eigenvalue weighted by molar-refractivity contribution is -0.0306. The third-order valence-electron chi connectivity index (χ3n) is 3.82. The van der Waals surface area contributed by atoms with Crippen molar-refractivity contribution in [3.05, 3.63) is 30.1 Å². The molecular weight excluding hydrogens is 252 g/mol. The fourth-order valence-electron chi connectivity index (χ4n) is 2.71. The van der Waals surface area contributed by atoms with Crippen LogP contribution in [0.4, 0.5) is 0 Å². The highest BCUT2D eigenvalue weighted by molar-refractivity contribution is 5.02.